The molecule has 5 unspecified atom stereocenters. The molecule has 0 aromatic heterocycles. The summed E-state index contributed by atoms with van der Waals surface area (Å²) in [5.41, 5.74) is 7.46. The molecule has 36 heavy (non-hydrogen) atoms. The molecule has 1 amide bonds. The van der Waals surface area contributed by atoms with Crippen molar-refractivity contribution in [3.8, 4) is 11.1 Å². The van der Waals surface area contributed by atoms with Gasteiger partial charge < -0.3 is 25.6 Å². The minimum Gasteiger partial charge on any atom is -0.391 e. The van der Waals surface area contributed by atoms with E-state index in [4.69, 9.17) is 22.1 Å². The van der Waals surface area contributed by atoms with Crippen LogP contribution in [0.2, 0.25) is 5.02 Å². The van der Waals surface area contributed by atoms with E-state index in [1.54, 1.807) is 7.11 Å². The summed E-state index contributed by atoms with van der Waals surface area (Å²) >= 11 is 6.75. The van der Waals surface area contributed by atoms with Crippen molar-refractivity contribution < 1.29 is 19.7 Å². The van der Waals surface area contributed by atoms with E-state index in [0.29, 0.717) is 44.0 Å². The minimum absolute atomic E-state index is 0.0443. The molecule has 5 atom stereocenters. The van der Waals surface area contributed by atoms with E-state index < -0.39 is 11.7 Å². The molecule has 1 aliphatic heterocycles. The van der Waals surface area contributed by atoms with E-state index in [-0.39, 0.29) is 23.8 Å². The van der Waals surface area contributed by atoms with Crippen molar-refractivity contribution in [2.45, 2.75) is 62.7 Å². The van der Waals surface area contributed by atoms with E-state index in [1.165, 1.54) is 0 Å². The second-order valence-electron chi connectivity index (χ2n) is 10.4. The maximum absolute atomic E-state index is 13.4. The van der Waals surface area contributed by atoms with Gasteiger partial charge in [-0.15, -0.1) is 0 Å². The van der Waals surface area contributed by atoms with Crippen molar-refractivity contribution in [2.75, 3.05) is 26.8 Å². The van der Waals surface area contributed by atoms with E-state index in [2.05, 4.69) is 0 Å². The highest BCUT2D eigenvalue weighted by molar-refractivity contribution is 6.33. The molecule has 196 valence electrons. The van der Waals surface area contributed by atoms with Crippen molar-refractivity contribution in [1.29, 1.82) is 0 Å². The number of hydrogen-bond acceptors (Lipinski definition) is 5. The van der Waals surface area contributed by atoms with Gasteiger partial charge >= 0.3 is 0 Å². The summed E-state index contributed by atoms with van der Waals surface area (Å²) in [5, 5.41) is 23.2. The molecule has 7 heteroatoms. The van der Waals surface area contributed by atoms with Crippen molar-refractivity contribution in [3.05, 3.63) is 59.1 Å². The summed E-state index contributed by atoms with van der Waals surface area (Å²) in [6.07, 6.45) is 4.11. The number of ether oxygens (including phenoxy) is 1. The lowest BCUT2D eigenvalue weighted by Gasteiger charge is -2.44. The highest BCUT2D eigenvalue weighted by Crippen LogP contribution is 2.46. The van der Waals surface area contributed by atoms with Crippen LogP contribution >= 0.6 is 11.6 Å². The van der Waals surface area contributed by atoms with Gasteiger partial charge in [-0.3, -0.25) is 4.79 Å². The smallest absolute Gasteiger partial charge is 0.225 e. The number of amides is 1. The van der Waals surface area contributed by atoms with Gasteiger partial charge in [-0.1, -0.05) is 54.1 Å². The standard InChI is InChI=1S/C29H39ClN2O4/c1-36-16-6-5-14-29(35,23-12-7-13-24(30)27(23)20-9-3-2-4-10-20)22-11-8-15-32(19-22)28(34)21-17-25(31)26(33)18-21/h2-4,7,9-10,12-13,21-22,25-26,33,35H,5-6,8,11,14-19,31H2,1H3. The summed E-state index contributed by atoms with van der Waals surface area (Å²) in [6, 6.07) is 15.3. The van der Waals surface area contributed by atoms with Crippen molar-refractivity contribution in [1.82, 2.24) is 4.90 Å². The van der Waals surface area contributed by atoms with Crippen molar-refractivity contribution in [3.63, 3.8) is 0 Å². The van der Waals surface area contributed by atoms with Crippen LogP contribution in [0.15, 0.2) is 48.5 Å². The molecule has 2 aromatic rings. The van der Waals surface area contributed by atoms with Gasteiger partial charge in [-0.25, -0.2) is 0 Å². The monoisotopic (exact) mass is 514 g/mol. The topological polar surface area (TPSA) is 96.0 Å². The first-order valence-electron chi connectivity index (χ1n) is 13.1. The van der Waals surface area contributed by atoms with Crippen LogP contribution in [0.5, 0.6) is 0 Å². The van der Waals surface area contributed by atoms with Gasteiger partial charge in [0, 0.05) is 55.3 Å². The Balaban J connectivity index is 1.66. The fraction of sp³-hybridized carbons (Fsp3) is 0.552. The second kappa shape index (κ2) is 12.1. The van der Waals surface area contributed by atoms with Gasteiger partial charge in [-0.05, 0) is 62.1 Å². The average molecular weight is 515 g/mol. The number of methoxy groups -OCH3 is 1. The quantitative estimate of drug-likeness (QED) is 0.432. The third kappa shape index (κ3) is 5.79. The van der Waals surface area contributed by atoms with Crippen LogP contribution in [0.3, 0.4) is 0 Å². The summed E-state index contributed by atoms with van der Waals surface area (Å²) in [7, 11) is 1.69. The normalized spacial score (nSPS) is 26.1. The number of rotatable bonds is 9. The predicted molar refractivity (Wildman–Crippen MR) is 143 cm³/mol. The maximum Gasteiger partial charge on any atom is 0.225 e. The fourth-order valence-electron chi connectivity index (χ4n) is 6.06. The summed E-state index contributed by atoms with van der Waals surface area (Å²) in [5.74, 6) is -0.351. The van der Waals surface area contributed by atoms with Gasteiger partial charge in [0.05, 0.1) is 11.7 Å². The highest BCUT2D eigenvalue weighted by Gasteiger charge is 2.44. The number of hydrogen-bond donors (Lipinski definition) is 3. The third-order valence-electron chi connectivity index (χ3n) is 8.03. The SMILES string of the molecule is COCCCCC(O)(c1cccc(Cl)c1-c1ccccc1)C1CCCN(C(=O)C2CC(N)C(O)C2)C1. The number of nitrogens with zero attached hydrogens (tertiary/aromatic N) is 1. The zero-order chi connectivity index (χ0) is 25.7. The molecule has 1 saturated heterocycles. The lowest BCUT2D eigenvalue weighted by Crippen LogP contribution is -2.49. The Morgan fingerprint density at radius 3 is 2.64 bits per heavy atom. The number of halogens is 1. The Morgan fingerprint density at radius 2 is 1.94 bits per heavy atom. The van der Waals surface area contributed by atoms with Crippen LogP contribution in [0.1, 0.15) is 50.5 Å². The summed E-state index contributed by atoms with van der Waals surface area (Å²) < 4.78 is 5.26. The number of aliphatic hydroxyl groups excluding tert-OH is 1. The van der Waals surface area contributed by atoms with E-state index in [1.807, 2.05) is 53.4 Å². The lowest BCUT2D eigenvalue weighted by atomic mass is 9.72. The molecule has 1 heterocycles. The maximum atomic E-state index is 13.4. The Labute approximate surface area is 219 Å². The van der Waals surface area contributed by atoms with Crippen molar-refractivity contribution >= 4 is 17.5 Å². The average Bonchev–Trinajstić information content (AvgIpc) is 3.24. The van der Waals surface area contributed by atoms with Crippen LogP contribution in [0, 0.1) is 11.8 Å². The molecular formula is C29H39ClN2O4. The number of carbonyl (C=O) groups excluding carboxylic acids is 1. The van der Waals surface area contributed by atoms with E-state index in [0.717, 1.165) is 42.4 Å². The molecule has 0 bridgehead atoms. The van der Waals surface area contributed by atoms with Crippen LogP contribution in [0.4, 0.5) is 0 Å². The molecule has 4 rings (SSSR count). The van der Waals surface area contributed by atoms with Crippen LogP contribution in [0.25, 0.3) is 11.1 Å². The molecule has 0 spiro atoms. The number of piperidine rings is 1. The number of benzene rings is 2. The van der Waals surface area contributed by atoms with Crippen molar-refractivity contribution in [2.24, 2.45) is 17.6 Å². The Hall–Kier alpha value is -1.96. The lowest BCUT2D eigenvalue weighted by molar-refractivity contribution is -0.141. The molecule has 2 fully saturated rings. The Bertz CT molecular complexity index is 1010. The largest absolute Gasteiger partial charge is 0.391 e. The second-order valence-corrected chi connectivity index (χ2v) is 10.8. The molecule has 1 aliphatic carbocycles. The molecule has 0 radical (unpaired) electrons. The number of aliphatic hydroxyl groups is 2. The zero-order valence-electron chi connectivity index (χ0n) is 21.1. The van der Waals surface area contributed by atoms with Gasteiger partial charge in [0.15, 0.2) is 0 Å². The Kier molecular flexibility index (Phi) is 9.07. The van der Waals surface area contributed by atoms with Gasteiger partial charge in [0.2, 0.25) is 5.91 Å². The predicted octanol–water partition coefficient (Wildman–Crippen LogP) is 4.35. The molecule has 1 saturated carbocycles. The Morgan fingerprint density at radius 1 is 1.17 bits per heavy atom. The molecule has 6 nitrogen and oxygen atoms in total. The number of nitrogens with two attached hydrogens (primary N) is 1. The molecular weight excluding hydrogens is 476 g/mol. The first-order valence-corrected chi connectivity index (χ1v) is 13.5. The van der Waals surface area contributed by atoms with E-state index >= 15 is 0 Å². The first kappa shape index (κ1) is 27.1. The van der Waals surface area contributed by atoms with Gasteiger partial charge in [-0.2, -0.15) is 0 Å². The van der Waals surface area contributed by atoms with E-state index in [9.17, 15) is 15.0 Å². The van der Waals surface area contributed by atoms with Crippen LogP contribution in [-0.4, -0.2) is 60.0 Å². The first-order chi connectivity index (χ1) is 17.3. The third-order valence-corrected chi connectivity index (χ3v) is 8.35. The number of likely N-dealkylation sites (tertiary alicyclic amines) is 1. The summed E-state index contributed by atoms with van der Waals surface area (Å²) in [4.78, 5) is 15.3. The van der Waals surface area contributed by atoms with Crippen LogP contribution < -0.4 is 5.73 Å². The summed E-state index contributed by atoms with van der Waals surface area (Å²) in [6.45, 7) is 1.77. The molecule has 2 aliphatic rings. The van der Waals surface area contributed by atoms with Gasteiger partial charge in [0.1, 0.15) is 0 Å². The number of carbonyl (C=O) groups is 1. The highest BCUT2D eigenvalue weighted by atomic mass is 35.5. The fourth-order valence-corrected chi connectivity index (χ4v) is 6.34. The molecule has 2 aromatic carbocycles. The number of unbranched alkanes of at least 4 members (excludes halogenated alkanes) is 1. The minimum atomic E-state index is -1.16. The zero-order valence-corrected chi connectivity index (χ0v) is 21.9. The molecule has 4 N–H and O–H groups in total. The van der Waals surface area contributed by atoms with Crippen LogP contribution in [-0.2, 0) is 15.1 Å². The van der Waals surface area contributed by atoms with Gasteiger partial charge in [0.25, 0.3) is 0 Å².